The van der Waals surface area contributed by atoms with Crippen LogP contribution in [0.15, 0.2) is 39.5 Å². The standard InChI is InChI=1S/C18H16N4O4/c1-9-7-13(23)19-16-14(9)15(21-22(16)2)20-17(24)11-8-10-5-3-4-6-12(10)26-18(11)25/h3-6,8-9H,7H2,1-2H3,(H,19,23)(H,20,21,24)/t9-/m1/s1. The fourth-order valence-electron chi connectivity index (χ4n) is 3.21. The molecule has 2 N–H and O–H groups in total. The van der Waals surface area contributed by atoms with E-state index in [0.29, 0.717) is 29.0 Å². The lowest BCUT2D eigenvalue weighted by atomic mass is 9.95. The van der Waals surface area contributed by atoms with Crippen molar-refractivity contribution in [1.29, 1.82) is 0 Å². The average molecular weight is 352 g/mol. The van der Waals surface area contributed by atoms with Crippen LogP contribution in [-0.2, 0) is 11.8 Å². The van der Waals surface area contributed by atoms with Crippen molar-refractivity contribution in [1.82, 2.24) is 9.78 Å². The summed E-state index contributed by atoms with van der Waals surface area (Å²) in [6.45, 7) is 1.89. The molecule has 0 unspecified atom stereocenters. The van der Waals surface area contributed by atoms with Crippen LogP contribution in [0.5, 0.6) is 0 Å². The lowest BCUT2D eigenvalue weighted by Gasteiger charge is -2.20. The molecule has 3 heterocycles. The van der Waals surface area contributed by atoms with Gasteiger partial charge in [0.25, 0.3) is 5.91 Å². The smallest absolute Gasteiger partial charge is 0.349 e. The van der Waals surface area contributed by atoms with Crippen molar-refractivity contribution in [3.63, 3.8) is 0 Å². The van der Waals surface area contributed by atoms with Gasteiger partial charge in [0.2, 0.25) is 5.91 Å². The summed E-state index contributed by atoms with van der Waals surface area (Å²) in [7, 11) is 1.68. The minimum Gasteiger partial charge on any atom is -0.422 e. The van der Waals surface area contributed by atoms with E-state index in [0.717, 1.165) is 5.56 Å². The van der Waals surface area contributed by atoms with E-state index in [4.69, 9.17) is 4.42 Å². The fourth-order valence-corrected chi connectivity index (χ4v) is 3.21. The van der Waals surface area contributed by atoms with Gasteiger partial charge in [0.1, 0.15) is 17.0 Å². The molecule has 26 heavy (non-hydrogen) atoms. The van der Waals surface area contributed by atoms with Crippen molar-refractivity contribution in [2.45, 2.75) is 19.3 Å². The second-order valence-electron chi connectivity index (χ2n) is 6.33. The molecule has 0 spiro atoms. The van der Waals surface area contributed by atoms with Gasteiger partial charge in [-0.15, -0.1) is 0 Å². The van der Waals surface area contributed by atoms with Crippen LogP contribution < -0.4 is 16.3 Å². The van der Waals surface area contributed by atoms with Gasteiger partial charge in [-0.1, -0.05) is 25.1 Å². The Morgan fingerprint density at radius 3 is 2.92 bits per heavy atom. The highest BCUT2D eigenvalue weighted by Gasteiger charge is 2.30. The molecule has 4 rings (SSSR count). The van der Waals surface area contributed by atoms with Gasteiger partial charge < -0.3 is 15.1 Å². The Morgan fingerprint density at radius 2 is 2.12 bits per heavy atom. The normalized spacial score (nSPS) is 16.2. The summed E-state index contributed by atoms with van der Waals surface area (Å²) in [4.78, 5) is 36.5. The summed E-state index contributed by atoms with van der Waals surface area (Å²) >= 11 is 0. The molecule has 2 amide bonds. The number of anilines is 2. The molecule has 132 valence electrons. The molecular formula is C18H16N4O4. The number of nitrogens with zero attached hydrogens (tertiary/aromatic N) is 2. The number of nitrogens with one attached hydrogen (secondary N) is 2. The maximum absolute atomic E-state index is 12.6. The minimum atomic E-state index is -0.715. The number of aryl methyl sites for hydroxylation is 1. The third-order valence-corrected chi connectivity index (χ3v) is 4.44. The van der Waals surface area contributed by atoms with Crippen LogP contribution in [0, 0.1) is 0 Å². The van der Waals surface area contributed by atoms with E-state index in [1.54, 1.807) is 31.3 Å². The lowest BCUT2D eigenvalue weighted by molar-refractivity contribution is -0.116. The van der Waals surface area contributed by atoms with Crippen molar-refractivity contribution >= 4 is 34.4 Å². The molecule has 3 aromatic rings. The predicted molar refractivity (Wildman–Crippen MR) is 95.3 cm³/mol. The molecule has 0 aliphatic carbocycles. The highest BCUT2D eigenvalue weighted by atomic mass is 16.4. The number of carbonyl (C=O) groups excluding carboxylic acids is 2. The Hall–Kier alpha value is -3.42. The van der Waals surface area contributed by atoms with Crippen molar-refractivity contribution < 1.29 is 14.0 Å². The molecular weight excluding hydrogens is 336 g/mol. The number of benzene rings is 1. The van der Waals surface area contributed by atoms with Gasteiger partial charge in [-0.05, 0) is 18.1 Å². The monoisotopic (exact) mass is 352 g/mol. The average Bonchev–Trinajstić information content (AvgIpc) is 2.90. The quantitative estimate of drug-likeness (QED) is 0.688. The summed E-state index contributed by atoms with van der Waals surface area (Å²) in [5.41, 5.74) is 0.342. The Bertz CT molecular complexity index is 1110. The lowest BCUT2D eigenvalue weighted by Crippen LogP contribution is -2.24. The van der Waals surface area contributed by atoms with Crippen LogP contribution in [0.1, 0.15) is 35.2 Å². The van der Waals surface area contributed by atoms with E-state index < -0.39 is 11.5 Å². The summed E-state index contributed by atoms with van der Waals surface area (Å²) in [6, 6.07) is 8.47. The van der Waals surface area contributed by atoms with Crippen LogP contribution in [0.25, 0.3) is 11.0 Å². The topological polar surface area (TPSA) is 106 Å². The molecule has 8 heteroatoms. The molecule has 1 aliphatic rings. The number of para-hydroxylation sites is 1. The third-order valence-electron chi connectivity index (χ3n) is 4.44. The molecule has 0 fully saturated rings. The SMILES string of the molecule is C[C@@H]1CC(=O)Nc2c1c(NC(=O)c1cc3ccccc3oc1=O)nn2C. The molecule has 0 bridgehead atoms. The van der Waals surface area contributed by atoms with Crippen molar-refractivity contribution in [2.75, 3.05) is 10.6 Å². The Labute approximate surface area is 147 Å². The van der Waals surface area contributed by atoms with Crippen LogP contribution in [0.2, 0.25) is 0 Å². The first-order valence-electron chi connectivity index (χ1n) is 8.15. The van der Waals surface area contributed by atoms with Crippen LogP contribution in [0.4, 0.5) is 11.6 Å². The van der Waals surface area contributed by atoms with Gasteiger partial charge in [-0.25, -0.2) is 4.79 Å². The van der Waals surface area contributed by atoms with Gasteiger partial charge in [0.05, 0.1) is 0 Å². The van der Waals surface area contributed by atoms with Crippen molar-refractivity contribution in [3.8, 4) is 0 Å². The van der Waals surface area contributed by atoms with Gasteiger partial charge in [0.15, 0.2) is 5.82 Å². The van der Waals surface area contributed by atoms with Crippen LogP contribution >= 0.6 is 0 Å². The number of rotatable bonds is 2. The van der Waals surface area contributed by atoms with E-state index >= 15 is 0 Å². The predicted octanol–water partition coefficient (Wildman–Crippen LogP) is 2.22. The number of hydrogen-bond acceptors (Lipinski definition) is 5. The van der Waals surface area contributed by atoms with E-state index in [2.05, 4.69) is 15.7 Å². The molecule has 1 atom stereocenters. The number of carbonyl (C=O) groups is 2. The van der Waals surface area contributed by atoms with E-state index in [9.17, 15) is 14.4 Å². The van der Waals surface area contributed by atoms with E-state index in [1.807, 2.05) is 6.92 Å². The Kier molecular flexibility index (Phi) is 3.61. The summed E-state index contributed by atoms with van der Waals surface area (Å²) in [5, 5.41) is 10.4. The van der Waals surface area contributed by atoms with Crippen LogP contribution in [-0.4, -0.2) is 21.6 Å². The molecule has 1 aliphatic heterocycles. The second-order valence-corrected chi connectivity index (χ2v) is 6.33. The molecule has 2 aromatic heterocycles. The van der Waals surface area contributed by atoms with Crippen LogP contribution in [0.3, 0.4) is 0 Å². The Morgan fingerprint density at radius 1 is 1.35 bits per heavy atom. The maximum Gasteiger partial charge on any atom is 0.349 e. The number of hydrogen-bond donors (Lipinski definition) is 2. The molecule has 0 radical (unpaired) electrons. The van der Waals surface area contributed by atoms with Crippen molar-refractivity contribution in [2.24, 2.45) is 7.05 Å². The van der Waals surface area contributed by atoms with Gasteiger partial charge in [-0.3, -0.25) is 14.3 Å². The second kappa shape index (κ2) is 5.83. The number of amides is 2. The highest BCUT2D eigenvalue weighted by Crippen LogP contribution is 2.37. The summed E-state index contributed by atoms with van der Waals surface area (Å²) < 4.78 is 6.71. The largest absolute Gasteiger partial charge is 0.422 e. The molecule has 0 saturated carbocycles. The molecule has 0 saturated heterocycles. The number of aromatic nitrogens is 2. The third kappa shape index (κ3) is 2.55. The fraction of sp³-hybridized carbons (Fsp3) is 0.222. The first kappa shape index (κ1) is 16.1. The number of fused-ring (bicyclic) bond motifs is 2. The summed E-state index contributed by atoms with van der Waals surface area (Å²) in [5.74, 6) is 0.0773. The van der Waals surface area contributed by atoms with E-state index in [1.165, 1.54) is 10.7 Å². The maximum atomic E-state index is 12.6. The highest BCUT2D eigenvalue weighted by molar-refractivity contribution is 6.06. The zero-order valence-corrected chi connectivity index (χ0v) is 14.2. The summed E-state index contributed by atoms with van der Waals surface area (Å²) in [6.07, 6.45) is 0.305. The zero-order valence-electron chi connectivity index (χ0n) is 14.2. The van der Waals surface area contributed by atoms with Gasteiger partial charge >= 0.3 is 5.63 Å². The molecule has 8 nitrogen and oxygen atoms in total. The Balaban J connectivity index is 1.72. The minimum absolute atomic E-state index is 0.0962. The van der Waals surface area contributed by atoms with Crippen molar-refractivity contribution in [3.05, 3.63) is 51.9 Å². The van der Waals surface area contributed by atoms with E-state index in [-0.39, 0.29) is 17.4 Å². The first-order chi connectivity index (χ1) is 12.4. The van der Waals surface area contributed by atoms with Gasteiger partial charge in [-0.2, -0.15) is 5.10 Å². The molecule has 1 aromatic carbocycles. The van der Waals surface area contributed by atoms with Gasteiger partial charge in [0, 0.05) is 24.4 Å². The zero-order chi connectivity index (χ0) is 18.4. The first-order valence-corrected chi connectivity index (χ1v) is 8.15.